The average molecular weight is 423 g/mol. The lowest BCUT2D eigenvalue weighted by Crippen LogP contribution is -2.08. The Balaban J connectivity index is 1.67. The molecule has 0 aliphatic carbocycles. The van der Waals surface area contributed by atoms with Crippen LogP contribution in [0.2, 0.25) is 0 Å². The molecule has 0 saturated carbocycles. The van der Waals surface area contributed by atoms with E-state index in [1.54, 1.807) is 35.7 Å². The first-order valence-corrected chi connectivity index (χ1v) is 11.1. The zero-order valence-electron chi connectivity index (χ0n) is 16.8. The minimum Gasteiger partial charge on any atom is -0.489 e. The van der Waals surface area contributed by atoms with Crippen molar-refractivity contribution >= 4 is 49.4 Å². The van der Waals surface area contributed by atoms with Crippen molar-refractivity contribution in [2.24, 2.45) is 0 Å². The van der Waals surface area contributed by atoms with Gasteiger partial charge in [-0.25, -0.2) is 4.98 Å². The van der Waals surface area contributed by atoms with Crippen molar-refractivity contribution < 1.29 is 9.53 Å². The predicted molar refractivity (Wildman–Crippen MR) is 123 cm³/mol. The molecule has 29 heavy (non-hydrogen) atoms. The van der Waals surface area contributed by atoms with E-state index in [9.17, 15) is 4.79 Å². The van der Waals surface area contributed by atoms with Crippen LogP contribution in [0.15, 0.2) is 47.8 Å². The number of ketones is 1. The number of benzene rings is 2. The summed E-state index contributed by atoms with van der Waals surface area (Å²) in [6.45, 7) is 7.67. The molecule has 0 bridgehead atoms. The molecule has 0 unspecified atom stereocenters. The second-order valence-corrected chi connectivity index (χ2v) is 9.06. The molecule has 2 heterocycles. The fourth-order valence-corrected chi connectivity index (χ4v) is 5.13. The molecule has 0 aliphatic rings. The van der Waals surface area contributed by atoms with Gasteiger partial charge in [-0.15, -0.1) is 22.7 Å². The molecule has 1 N–H and O–H groups in total. The van der Waals surface area contributed by atoms with E-state index in [0.717, 1.165) is 16.5 Å². The van der Waals surface area contributed by atoms with E-state index < -0.39 is 0 Å². The third-order valence-corrected chi connectivity index (χ3v) is 6.62. The predicted octanol–water partition coefficient (Wildman–Crippen LogP) is 7.07. The molecule has 6 heteroatoms. The molecule has 0 spiro atoms. The summed E-state index contributed by atoms with van der Waals surface area (Å²) in [6, 6.07) is 13.9. The van der Waals surface area contributed by atoms with Gasteiger partial charge in [0, 0.05) is 15.6 Å². The Labute approximate surface area is 178 Å². The number of anilines is 2. The summed E-state index contributed by atoms with van der Waals surface area (Å²) < 4.78 is 7.18. The van der Waals surface area contributed by atoms with Crippen molar-refractivity contribution in [2.45, 2.75) is 33.8 Å². The molecule has 0 amide bonds. The quantitative estimate of drug-likeness (QED) is 0.338. The van der Waals surface area contributed by atoms with Crippen LogP contribution in [0.5, 0.6) is 5.75 Å². The maximum Gasteiger partial charge on any atom is 0.187 e. The normalized spacial score (nSPS) is 11.2. The molecule has 0 fully saturated rings. The Morgan fingerprint density at radius 1 is 1.17 bits per heavy atom. The summed E-state index contributed by atoms with van der Waals surface area (Å²) in [7, 11) is 0. The summed E-state index contributed by atoms with van der Waals surface area (Å²) in [5.74, 6) is 0.727. The van der Waals surface area contributed by atoms with Crippen molar-refractivity contribution in [1.82, 2.24) is 4.98 Å². The molecule has 2 aromatic carbocycles. The molecule has 4 nitrogen and oxygen atoms in total. The van der Waals surface area contributed by atoms with Crippen LogP contribution >= 0.6 is 22.7 Å². The van der Waals surface area contributed by atoms with Gasteiger partial charge in [-0.2, -0.15) is 0 Å². The Kier molecular flexibility index (Phi) is 5.39. The van der Waals surface area contributed by atoms with Crippen molar-refractivity contribution in [2.75, 3.05) is 5.32 Å². The van der Waals surface area contributed by atoms with Gasteiger partial charge < -0.3 is 10.1 Å². The third-order valence-electron chi connectivity index (χ3n) is 4.57. The maximum atomic E-state index is 11.8. The number of carbonyl (C=O) groups is 1. The number of rotatable bonds is 6. The number of hydrogen-bond donors (Lipinski definition) is 1. The smallest absolute Gasteiger partial charge is 0.187 e. The van der Waals surface area contributed by atoms with Crippen LogP contribution in [-0.4, -0.2) is 16.9 Å². The van der Waals surface area contributed by atoms with Crippen LogP contribution < -0.4 is 10.1 Å². The van der Waals surface area contributed by atoms with Gasteiger partial charge in [0.1, 0.15) is 5.75 Å². The van der Waals surface area contributed by atoms with Gasteiger partial charge >= 0.3 is 0 Å². The number of fused-ring (bicyclic) bond motifs is 1. The first-order valence-electron chi connectivity index (χ1n) is 9.45. The van der Waals surface area contributed by atoms with E-state index in [0.29, 0.717) is 11.3 Å². The van der Waals surface area contributed by atoms with Crippen LogP contribution in [0, 0.1) is 6.92 Å². The minimum atomic E-state index is 0.0184. The summed E-state index contributed by atoms with van der Waals surface area (Å²) in [6.07, 6.45) is 0.0341. The second kappa shape index (κ2) is 7.97. The number of aromatic nitrogens is 1. The average Bonchev–Trinajstić information content (AvgIpc) is 3.27. The number of nitrogens with zero attached hydrogens (tertiary/aromatic N) is 1. The molecule has 4 rings (SSSR count). The Bertz CT molecular complexity index is 1190. The standard InChI is InChI=1S/C23H22N2O2S2/c1-13(2)27-20-10-9-16(15(4)26)11-18(20)24-23-25-19(12-28-23)22-14(3)17-7-5-6-8-21(17)29-22/h5-13H,1-4H3,(H,24,25). The van der Waals surface area contributed by atoms with E-state index in [4.69, 9.17) is 9.72 Å². The van der Waals surface area contributed by atoms with E-state index in [2.05, 4.69) is 41.9 Å². The Hall–Kier alpha value is -2.70. The highest BCUT2D eigenvalue weighted by molar-refractivity contribution is 7.23. The molecule has 0 aliphatic heterocycles. The number of hydrogen-bond acceptors (Lipinski definition) is 6. The highest BCUT2D eigenvalue weighted by Crippen LogP contribution is 2.40. The number of ether oxygens (including phenoxy) is 1. The Morgan fingerprint density at radius 2 is 1.97 bits per heavy atom. The topological polar surface area (TPSA) is 51.2 Å². The van der Waals surface area contributed by atoms with E-state index in [-0.39, 0.29) is 11.9 Å². The number of aryl methyl sites for hydroxylation is 1. The van der Waals surface area contributed by atoms with Crippen LogP contribution in [0.1, 0.15) is 36.7 Å². The SMILES string of the molecule is CC(=O)c1ccc(OC(C)C)c(Nc2nc(-c3sc4ccccc4c3C)cs2)c1. The van der Waals surface area contributed by atoms with E-state index in [1.165, 1.54) is 20.5 Å². The van der Waals surface area contributed by atoms with E-state index >= 15 is 0 Å². The molecule has 0 saturated heterocycles. The largest absolute Gasteiger partial charge is 0.489 e. The van der Waals surface area contributed by atoms with E-state index in [1.807, 2.05) is 26.0 Å². The van der Waals surface area contributed by atoms with Crippen molar-refractivity contribution in [3.05, 3.63) is 59.0 Å². The third kappa shape index (κ3) is 4.04. The van der Waals surface area contributed by atoms with Gasteiger partial charge in [0.15, 0.2) is 10.9 Å². The highest BCUT2D eigenvalue weighted by Gasteiger charge is 2.15. The number of thiazole rings is 1. The lowest BCUT2D eigenvalue weighted by Gasteiger charge is -2.15. The number of nitrogens with one attached hydrogen (secondary N) is 1. The monoisotopic (exact) mass is 422 g/mol. The minimum absolute atomic E-state index is 0.0184. The summed E-state index contributed by atoms with van der Waals surface area (Å²) in [4.78, 5) is 17.8. The molecule has 148 valence electrons. The van der Waals surface area contributed by atoms with Gasteiger partial charge in [-0.05, 0) is 62.9 Å². The summed E-state index contributed by atoms with van der Waals surface area (Å²) in [5, 5.41) is 7.46. The fraction of sp³-hybridized carbons (Fsp3) is 0.217. The number of thiophene rings is 1. The van der Waals surface area contributed by atoms with Crippen molar-refractivity contribution in [3.63, 3.8) is 0 Å². The number of Topliss-reactive ketones (excluding diaryl/α,β-unsaturated/α-hetero) is 1. The molecule has 2 aromatic heterocycles. The van der Waals surface area contributed by atoms with Gasteiger partial charge in [0.25, 0.3) is 0 Å². The van der Waals surface area contributed by atoms with Crippen LogP contribution in [-0.2, 0) is 0 Å². The zero-order chi connectivity index (χ0) is 20.5. The van der Waals surface area contributed by atoms with Crippen molar-refractivity contribution in [1.29, 1.82) is 0 Å². The van der Waals surface area contributed by atoms with Gasteiger partial charge in [0.05, 0.1) is 22.4 Å². The molecular formula is C23H22N2O2S2. The fourth-order valence-electron chi connectivity index (χ4n) is 3.17. The van der Waals surface area contributed by atoms with Gasteiger partial charge in [0.2, 0.25) is 0 Å². The van der Waals surface area contributed by atoms with Crippen LogP contribution in [0.3, 0.4) is 0 Å². The van der Waals surface area contributed by atoms with Crippen LogP contribution in [0.25, 0.3) is 20.7 Å². The summed E-state index contributed by atoms with van der Waals surface area (Å²) in [5.41, 5.74) is 3.61. The lowest BCUT2D eigenvalue weighted by molar-refractivity contribution is 0.101. The molecule has 0 radical (unpaired) electrons. The number of carbonyl (C=O) groups excluding carboxylic acids is 1. The summed E-state index contributed by atoms with van der Waals surface area (Å²) >= 11 is 3.31. The molecule has 4 aromatic rings. The second-order valence-electron chi connectivity index (χ2n) is 7.15. The van der Waals surface area contributed by atoms with Gasteiger partial charge in [-0.3, -0.25) is 4.79 Å². The molecule has 0 atom stereocenters. The van der Waals surface area contributed by atoms with Gasteiger partial charge in [-0.1, -0.05) is 18.2 Å². The zero-order valence-corrected chi connectivity index (χ0v) is 18.4. The first kappa shape index (κ1) is 19.6. The molecular weight excluding hydrogens is 400 g/mol. The maximum absolute atomic E-state index is 11.8. The van der Waals surface area contributed by atoms with Crippen molar-refractivity contribution in [3.8, 4) is 16.3 Å². The Morgan fingerprint density at radius 3 is 2.69 bits per heavy atom. The highest BCUT2D eigenvalue weighted by atomic mass is 32.1. The van der Waals surface area contributed by atoms with Crippen LogP contribution in [0.4, 0.5) is 10.8 Å². The lowest BCUT2D eigenvalue weighted by atomic mass is 10.1. The first-order chi connectivity index (χ1) is 13.9.